The fourth-order valence-electron chi connectivity index (χ4n) is 2.38. The van der Waals surface area contributed by atoms with E-state index < -0.39 is 21.9 Å². The molecule has 0 aromatic heterocycles. The van der Waals surface area contributed by atoms with Crippen LogP contribution in [0.2, 0.25) is 0 Å². The summed E-state index contributed by atoms with van der Waals surface area (Å²) in [7, 11) is -0.995. The lowest BCUT2D eigenvalue weighted by Gasteiger charge is -2.26. The molecule has 2 aromatic carbocycles. The topological polar surface area (TPSA) is 46.6 Å². The van der Waals surface area contributed by atoms with Crippen LogP contribution in [0.5, 0.6) is 5.75 Å². The average molecular weight is 337 g/mol. The highest BCUT2D eigenvalue weighted by molar-refractivity contribution is 7.89. The van der Waals surface area contributed by atoms with Crippen LogP contribution < -0.4 is 4.74 Å². The summed E-state index contributed by atoms with van der Waals surface area (Å²) in [5.74, 6) is -0.165. The van der Waals surface area contributed by atoms with Gasteiger partial charge in [0.2, 0.25) is 10.0 Å². The number of hydrogen-bond donors (Lipinski definition) is 0. The number of nitrogens with zero attached hydrogens (tertiary/aromatic N) is 1. The molecular formula is C17H20FNO3S. The number of hydrogen-bond acceptors (Lipinski definition) is 3. The van der Waals surface area contributed by atoms with E-state index >= 15 is 0 Å². The normalized spacial score (nSPS) is 13.1. The van der Waals surface area contributed by atoms with Gasteiger partial charge in [0.15, 0.2) is 0 Å². The summed E-state index contributed by atoms with van der Waals surface area (Å²) >= 11 is 0. The molecule has 4 nitrogen and oxygen atoms in total. The van der Waals surface area contributed by atoms with Gasteiger partial charge in [-0.3, -0.25) is 0 Å². The molecule has 0 heterocycles. The summed E-state index contributed by atoms with van der Waals surface area (Å²) in [4.78, 5) is -0.318. The molecule has 6 heteroatoms. The van der Waals surface area contributed by atoms with E-state index in [1.54, 1.807) is 26.0 Å². The molecule has 2 aromatic rings. The van der Waals surface area contributed by atoms with Crippen molar-refractivity contribution in [2.45, 2.75) is 24.8 Å². The fraction of sp³-hybridized carbons (Fsp3) is 0.294. The van der Waals surface area contributed by atoms with Crippen molar-refractivity contribution in [3.8, 4) is 5.75 Å². The monoisotopic (exact) mass is 337 g/mol. The molecule has 124 valence electrons. The Hall–Kier alpha value is -1.92. The first-order valence-corrected chi connectivity index (χ1v) is 8.60. The smallest absolute Gasteiger partial charge is 0.246 e. The Labute approximate surface area is 136 Å². The molecule has 0 fully saturated rings. The molecule has 23 heavy (non-hydrogen) atoms. The van der Waals surface area contributed by atoms with E-state index in [9.17, 15) is 12.8 Å². The van der Waals surface area contributed by atoms with Gasteiger partial charge in [0.1, 0.15) is 16.5 Å². The van der Waals surface area contributed by atoms with Gasteiger partial charge in [0, 0.05) is 12.6 Å². The van der Waals surface area contributed by atoms with Crippen molar-refractivity contribution in [1.82, 2.24) is 4.31 Å². The number of sulfonamides is 1. The summed E-state index contributed by atoms with van der Waals surface area (Å²) in [6.07, 6.45) is 0. The maximum absolute atomic E-state index is 14.0. The number of para-hydroxylation sites is 1. The average Bonchev–Trinajstić information content (AvgIpc) is 2.55. The van der Waals surface area contributed by atoms with E-state index in [2.05, 4.69) is 0 Å². The predicted octanol–water partition coefficient (Wildman–Crippen LogP) is 3.52. The van der Waals surface area contributed by atoms with Gasteiger partial charge in [-0.1, -0.05) is 24.3 Å². The van der Waals surface area contributed by atoms with Gasteiger partial charge in [0.25, 0.3) is 0 Å². The van der Waals surface area contributed by atoms with Gasteiger partial charge < -0.3 is 4.74 Å². The zero-order valence-corrected chi connectivity index (χ0v) is 14.4. The summed E-state index contributed by atoms with van der Waals surface area (Å²) in [6.45, 7) is 3.46. The standard InChI is InChI=1S/C17H20FNO3S/c1-12-9-10-15(18)17(11-12)23(20,21)19(3)13(2)14-7-5-6-8-16(14)22-4/h5-11,13H,1-4H3. The largest absolute Gasteiger partial charge is 0.496 e. The van der Waals surface area contributed by atoms with Crippen molar-refractivity contribution in [1.29, 1.82) is 0 Å². The van der Waals surface area contributed by atoms with Crippen molar-refractivity contribution in [2.24, 2.45) is 0 Å². The Morgan fingerprint density at radius 2 is 1.83 bits per heavy atom. The molecule has 0 bridgehead atoms. The molecular weight excluding hydrogens is 317 g/mol. The maximum atomic E-state index is 14.0. The molecule has 0 radical (unpaired) electrons. The lowest BCUT2D eigenvalue weighted by atomic mass is 10.1. The Morgan fingerprint density at radius 3 is 2.48 bits per heavy atom. The van der Waals surface area contributed by atoms with Crippen LogP contribution in [0.4, 0.5) is 4.39 Å². The summed E-state index contributed by atoms with van der Waals surface area (Å²) in [5.41, 5.74) is 1.40. The Balaban J connectivity index is 2.45. The molecule has 0 saturated carbocycles. The SMILES string of the molecule is COc1ccccc1C(C)N(C)S(=O)(=O)c1cc(C)ccc1F. The minimum absolute atomic E-state index is 0.318. The Kier molecular flexibility index (Phi) is 5.06. The molecule has 0 N–H and O–H groups in total. The minimum Gasteiger partial charge on any atom is -0.496 e. The third-order valence-electron chi connectivity index (χ3n) is 3.88. The van der Waals surface area contributed by atoms with Gasteiger partial charge in [0.05, 0.1) is 13.2 Å². The van der Waals surface area contributed by atoms with Gasteiger partial charge in [-0.15, -0.1) is 0 Å². The maximum Gasteiger partial charge on any atom is 0.246 e. The van der Waals surface area contributed by atoms with E-state index in [0.29, 0.717) is 16.9 Å². The summed E-state index contributed by atoms with van der Waals surface area (Å²) in [5, 5.41) is 0. The van der Waals surface area contributed by atoms with E-state index in [1.165, 1.54) is 32.4 Å². The second kappa shape index (κ2) is 6.68. The first-order valence-electron chi connectivity index (χ1n) is 7.16. The quantitative estimate of drug-likeness (QED) is 0.838. The fourth-order valence-corrected chi connectivity index (χ4v) is 3.87. The molecule has 0 saturated heterocycles. The number of methoxy groups -OCH3 is 1. The lowest BCUT2D eigenvalue weighted by Crippen LogP contribution is -2.30. The summed E-state index contributed by atoms with van der Waals surface area (Å²) in [6, 6.07) is 10.7. The first kappa shape index (κ1) is 17.4. The van der Waals surface area contributed by atoms with Crippen LogP contribution in [0.1, 0.15) is 24.1 Å². The van der Waals surface area contributed by atoms with Crippen LogP contribution in [0.15, 0.2) is 47.4 Å². The van der Waals surface area contributed by atoms with Crippen molar-refractivity contribution < 1.29 is 17.5 Å². The molecule has 0 aliphatic carbocycles. The highest BCUT2D eigenvalue weighted by atomic mass is 32.2. The predicted molar refractivity (Wildman–Crippen MR) is 87.5 cm³/mol. The van der Waals surface area contributed by atoms with Crippen LogP contribution >= 0.6 is 0 Å². The number of ether oxygens (including phenoxy) is 1. The van der Waals surface area contributed by atoms with Crippen molar-refractivity contribution >= 4 is 10.0 Å². The van der Waals surface area contributed by atoms with Crippen molar-refractivity contribution in [3.63, 3.8) is 0 Å². The number of rotatable bonds is 5. The van der Waals surface area contributed by atoms with Crippen LogP contribution in [0.3, 0.4) is 0 Å². The second-order valence-electron chi connectivity index (χ2n) is 5.37. The van der Waals surface area contributed by atoms with Gasteiger partial charge in [-0.25, -0.2) is 12.8 Å². The van der Waals surface area contributed by atoms with Crippen LogP contribution in [0.25, 0.3) is 0 Å². The first-order chi connectivity index (χ1) is 10.8. The molecule has 1 atom stereocenters. The summed E-state index contributed by atoms with van der Waals surface area (Å²) < 4.78 is 46.0. The van der Waals surface area contributed by atoms with Crippen molar-refractivity contribution in [2.75, 3.05) is 14.2 Å². The van der Waals surface area contributed by atoms with E-state index in [-0.39, 0.29) is 4.90 Å². The van der Waals surface area contributed by atoms with E-state index in [0.717, 1.165) is 4.31 Å². The third-order valence-corrected chi connectivity index (χ3v) is 5.82. The zero-order valence-electron chi connectivity index (χ0n) is 13.6. The molecule has 1 unspecified atom stereocenters. The van der Waals surface area contributed by atoms with Crippen LogP contribution in [-0.4, -0.2) is 26.9 Å². The lowest BCUT2D eigenvalue weighted by molar-refractivity contribution is 0.366. The second-order valence-corrected chi connectivity index (χ2v) is 7.34. The van der Waals surface area contributed by atoms with Gasteiger partial charge >= 0.3 is 0 Å². The highest BCUT2D eigenvalue weighted by Gasteiger charge is 2.30. The highest BCUT2D eigenvalue weighted by Crippen LogP contribution is 2.32. The van der Waals surface area contributed by atoms with Crippen LogP contribution in [0, 0.1) is 12.7 Å². The van der Waals surface area contributed by atoms with Gasteiger partial charge in [-0.05, 0) is 37.6 Å². The Morgan fingerprint density at radius 1 is 1.17 bits per heavy atom. The van der Waals surface area contributed by atoms with E-state index in [1.807, 2.05) is 12.1 Å². The molecule has 0 amide bonds. The number of aryl methyl sites for hydroxylation is 1. The van der Waals surface area contributed by atoms with Gasteiger partial charge in [-0.2, -0.15) is 4.31 Å². The minimum atomic E-state index is -3.96. The molecule has 0 spiro atoms. The zero-order chi connectivity index (χ0) is 17.2. The van der Waals surface area contributed by atoms with E-state index in [4.69, 9.17) is 4.74 Å². The molecule has 0 aliphatic heterocycles. The number of benzene rings is 2. The van der Waals surface area contributed by atoms with Crippen LogP contribution in [-0.2, 0) is 10.0 Å². The third kappa shape index (κ3) is 3.38. The number of halogens is 1. The van der Waals surface area contributed by atoms with Crippen molar-refractivity contribution in [3.05, 3.63) is 59.4 Å². The molecule has 0 aliphatic rings. The Bertz CT molecular complexity index is 805. The molecule has 2 rings (SSSR count).